The number of benzene rings is 1. The van der Waals surface area contributed by atoms with Crippen molar-refractivity contribution in [3.63, 3.8) is 0 Å². The van der Waals surface area contributed by atoms with Crippen molar-refractivity contribution in [2.75, 3.05) is 27.2 Å². The summed E-state index contributed by atoms with van der Waals surface area (Å²) in [6.07, 6.45) is 4.35. The number of carboxylic acids is 1. The Bertz CT molecular complexity index is 710. The number of rotatable bonds is 8. The monoisotopic (exact) mass is 368 g/mol. The first-order valence-electron chi connectivity index (χ1n) is 8.80. The lowest BCUT2D eigenvalue weighted by molar-refractivity contribution is 0.0696. The van der Waals surface area contributed by atoms with E-state index in [1.165, 1.54) is 12.1 Å². The molecule has 0 spiro atoms. The fourth-order valence-electron chi connectivity index (χ4n) is 3.34. The van der Waals surface area contributed by atoms with E-state index in [-0.39, 0.29) is 16.5 Å². The minimum absolute atomic E-state index is 0.00291. The molecule has 1 aliphatic rings. The largest absolute Gasteiger partial charge is 0.478 e. The molecular weight excluding hydrogens is 340 g/mol. The maximum atomic E-state index is 13.4. The van der Waals surface area contributed by atoms with Crippen molar-refractivity contribution in [1.82, 2.24) is 9.21 Å². The summed E-state index contributed by atoms with van der Waals surface area (Å²) in [5.41, 5.74) is 0.674. The molecule has 0 aliphatic heterocycles. The molecule has 1 N–H and O–H groups in total. The van der Waals surface area contributed by atoms with Gasteiger partial charge in [-0.1, -0.05) is 25.8 Å². The molecule has 1 fully saturated rings. The minimum atomic E-state index is -3.74. The predicted molar refractivity (Wildman–Crippen MR) is 97.5 cm³/mol. The van der Waals surface area contributed by atoms with Gasteiger partial charge < -0.3 is 10.0 Å². The van der Waals surface area contributed by atoms with Gasteiger partial charge >= 0.3 is 5.97 Å². The van der Waals surface area contributed by atoms with Gasteiger partial charge in [0.1, 0.15) is 0 Å². The molecule has 0 saturated heterocycles. The van der Waals surface area contributed by atoms with Gasteiger partial charge in [0.25, 0.3) is 0 Å². The number of carbonyl (C=O) groups is 1. The van der Waals surface area contributed by atoms with E-state index in [0.29, 0.717) is 25.1 Å². The van der Waals surface area contributed by atoms with E-state index in [9.17, 15) is 18.3 Å². The normalized spacial score (nSPS) is 16.0. The third kappa shape index (κ3) is 4.59. The van der Waals surface area contributed by atoms with Crippen molar-refractivity contribution in [2.24, 2.45) is 0 Å². The van der Waals surface area contributed by atoms with Crippen LogP contribution in [-0.4, -0.2) is 61.9 Å². The Balaban J connectivity index is 2.47. The van der Waals surface area contributed by atoms with E-state index < -0.39 is 16.0 Å². The highest BCUT2D eigenvalue weighted by Gasteiger charge is 2.34. The van der Waals surface area contributed by atoms with E-state index in [4.69, 9.17) is 0 Å². The minimum Gasteiger partial charge on any atom is -0.478 e. The maximum absolute atomic E-state index is 13.4. The van der Waals surface area contributed by atoms with Gasteiger partial charge in [-0.2, -0.15) is 4.31 Å². The fraction of sp³-hybridized carbons (Fsp3) is 0.611. The van der Waals surface area contributed by atoms with E-state index >= 15 is 0 Å². The number of likely N-dealkylation sites (N-methyl/N-ethyl adjacent to an activating group) is 1. The Hall–Kier alpha value is -1.44. The Labute approximate surface area is 150 Å². The molecule has 2 rings (SSSR count). The van der Waals surface area contributed by atoms with Crippen molar-refractivity contribution < 1.29 is 18.3 Å². The number of aryl methyl sites for hydroxylation is 1. The number of hydrogen-bond acceptors (Lipinski definition) is 4. The van der Waals surface area contributed by atoms with Crippen LogP contribution >= 0.6 is 0 Å². The Morgan fingerprint density at radius 2 is 1.84 bits per heavy atom. The number of hydrogen-bond donors (Lipinski definition) is 1. The average molecular weight is 368 g/mol. The molecule has 0 aromatic heterocycles. The molecule has 1 aliphatic carbocycles. The van der Waals surface area contributed by atoms with Crippen LogP contribution in [0.3, 0.4) is 0 Å². The van der Waals surface area contributed by atoms with Gasteiger partial charge in [-0.15, -0.1) is 0 Å². The SMILES string of the molecule is CCc1ccc(C(=O)O)cc1S(=O)(=O)N(CCN(C)C)C1CCCC1. The molecule has 6 nitrogen and oxygen atoms in total. The highest BCUT2D eigenvalue weighted by atomic mass is 32.2. The van der Waals surface area contributed by atoms with Crippen molar-refractivity contribution in [1.29, 1.82) is 0 Å². The van der Waals surface area contributed by atoms with E-state index in [2.05, 4.69) is 0 Å². The van der Waals surface area contributed by atoms with Gasteiger partial charge in [0.2, 0.25) is 10.0 Å². The molecule has 0 atom stereocenters. The van der Waals surface area contributed by atoms with Gasteiger partial charge in [-0.05, 0) is 51.1 Å². The highest BCUT2D eigenvalue weighted by molar-refractivity contribution is 7.89. The van der Waals surface area contributed by atoms with Crippen LogP contribution < -0.4 is 0 Å². The third-order valence-corrected chi connectivity index (χ3v) is 6.82. The van der Waals surface area contributed by atoms with Crippen LogP contribution in [0.1, 0.15) is 48.5 Å². The summed E-state index contributed by atoms with van der Waals surface area (Å²) in [6.45, 7) is 2.94. The second-order valence-electron chi connectivity index (χ2n) is 6.84. The first kappa shape index (κ1) is 19.9. The zero-order chi connectivity index (χ0) is 18.6. The molecule has 7 heteroatoms. The van der Waals surface area contributed by atoms with Crippen LogP contribution in [0.15, 0.2) is 23.1 Å². The predicted octanol–water partition coefficient (Wildman–Crippen LogP) is 2.44. The van der Waals surface area contributed by atoms with E-state index in [1.807, 2.05) is 25.9 Å². The van der Waals surface area contributed by atoms with Crippen LogP contribution in [0.4, 0.5) is 0 Å². The van der Waals surface area contributed by atoms with E-state index in [0.717, 1.165) is 25.7 Å². The summed E-state index contributed by atoms with van der Waals surface area (Å²) < 4.78 is 28.4. The lowest BCUT2D eigenvalue weighted by Gasteiger charge is -2.30. The maximum Gasteiger partial charge on any atom is 0.335 e. The van der Waals surface area contributed by atoms with Crippen molar-refractivity contribution >= 4 is 16.0 Å². The summed E-state index contributed by atoms with van der Waals surface area (Å²) in [4.78, 5) is 13.4. The van der Waals surface area contributed by atoms with Crippen LogP contribution in [0.5, 0.6) is 0 Å². The molecule has 0 unspecified atom stereocenters. The topological polar surface area (TPSA) is 77.9 Å². The van der Waals surface area contributed by atoms with Crippen molar-refractivity contribution in [2.45, 2.75) is 50.0 Å². The number of carboxylic acid groups (broad SMARTS) is 1. The molecule has 1 aromatic carbocycles. The Kier molecular flexibility index (Phi) is 6.59. The second-order valence-corrected chi connectivity index (χ2v) is 8.70. The Morgan fingerprint density at radius 1 is 1.20 bits per heavy atom. The van der Waals surface area contributed by atoms with Gasteiger partial charge in [-0.25, -0.2) is 13.2 Å². The van der Waals surface area contributed by atoms with Gasteiger partial charge in [0.05, 0.1) is 10.5 Å². The molecule has 0 amide bonds. The molecule has 1 aromatic rings. The van der Waals surface area contributed by atoms with Crippen molar-refractivity contribution in [3.8, 4) is 0 Å². The summed E-state index contributed by atoms with van der Waals surface area (Å²) in [7, 11) is 0.102. The van der Waals surface area contributed by atoms with Crippen LogP contribution in [0, 0.1) is 0 Å². The van der Waals surface area contributed by atoms with Crippen molar-refractivity contribution in [3.05, 3.63) is 29.3 Å². The molecule has 0 heterocycles. The highest BCUT2D eigenvalue weighted by Crippen LogP contribution is 2.30. The van der Waals surface area contributed by atoms with E-state index in [1.54, 1.807) is 10.4 Å². The quantitative estimate of drug-likeness (QED) is 0.762. The molecular formula is C18H28N2O4S. The smallest absolute Gasteiger partial charge is 0.335 e. The molecule has 25 heavy (non-hydrogen) atoms. The molecule has 1 saturated carbocycles. The fourth-order valence-corrected chi connectivity index (χ4v) is 5.33. The van der Waals surface area contributed by atoms with Gasteiger partial charge in [-0.3, -0.25) is 0 Å². The second kappa shape index (κ2) is 8.29. The Morgan fingerprint density at radius 3 is 2.36 bits per heavy atom. The summed E-state index contributed by atoms with van der Waals surface area (Å²) in [5, 5.41) is 9.25. The summed E-state index contributed by atoms with van der Waals surface area (Å²) >= 11 is 0. The lowest BCUT2D eigenvalue weighted by Crippen LogP contribution is -2.43. The standard InChI is InChI=1S/C18H28N2O4S/c1-4-14-9-10-15(18(21)22)13-17(14)25(23,24)20(12-11-19(2)3)16-7-5-6-8-16/h9-10,13,16H,4-8,11-12H2,1-3H3,(H,21,22). The first-order chi connectivity index (χ1) is 11.8. The van der Waals surface area contributed by atoms with Crippen LogP contribution in [0.25, 0.3) is 0 Å². The lowest BCUT2D eigenvalue weighted by atomic mass is 10.1. The summed E-state index contributed by atoms with van der Waals surface area (Å²) in [6, 6.07) is 4.41. The zero-order valence-electron chi connectivity index (χ0n) is 15.2. The number of sulfonamides is 1. The van der Waals surface area contributed by atoms with Crippen LogP contribution in [-0.2, 0) is 16.4 Å². The van der Waals surface area contributed by atoms with Gasteiger partial charge in [0.15, 0.2) is 0 Å². The average Bonchev–Trinajstić information content (AvgIpc) is 3.07. The molecule has 0 radical (unpaired) electrons. The summed E-state index contributed by atoms with van der Waals surface area (Å²) in [5.74, 6) is -1.11. The number of aromatic carboxylic acids is 1. The molecule has 0 bridgehead atoms. The number of nitrogens with zero attached hydrogens (tertiary/aromatic N) is 2. The van der Waals surface area contributed by atoms with Crippen LogP contribution in [0.2, 0.25) is 0 Å². The third-order valence-electron chi connectivity index (χ3n) is 4.78. The first-order valence-corrected chi connectivity index (χ1v) is 10.2. The zero-order valence-corrected chi connectivity index (χ0v) is 16.1. The molecule has 140 valence electrons. The van der Waals surface area contributed by atoms with Gasteiger partial charge in [0, 0.05) is 19.1 Å².